The molecule has 0 saturated heterocycles. The van der Waals surface area contributed by atoms with E-state index in [4.69, 9.17) is 4.74 Å². The quantitative estimate of drug-likeness (QED) is 0.875. The van der Waals surface area contributed by atoms with Crippen molar-refractivity contribution in [1.29, 1.82) is 0 Å². The van der Waals surface area contributed by atoms with E-state index < -0.39 is 15.8 Å². The van der Waals surface area contributed by atoms with Crippen LogP contribution in [0.5, 0.6) is 5.75 Å². The van der Waals surface area contributed by atoms with Crippen molar-refractivity contribution in [3.05, 3.63) is 58.3 Å². The van der Waals surface area contributed by atoms with E-state index in [2.05, 4.69) is 20.7 Å². The Hall–Kier alpha value is -1.44. The molecule has 7 heteroatoms. The van der Waals surface area contributed by atoms with Crippen molar-refractivity contribution in [1.82, 2.24) is 4.72 Å². The molecule has 2 rings (SSSR count). The minimum atomic E-state index is -3.86. The molecule has 0 spiro atoms. The first-order chi connectivity index (χ1) is 9.92. The molecule has 112 valence electrons. The molecule has 0 aliphatic heterocycles. The van der Waals surface area contributed by atoms with Gasteiger partial charge in [0.2, 0.25) is 10.0 Å². The van der Waals surface area contributed by atoms with Gasteiger partial charge >= 0.3 is 0 Å². The third kappa shape index (κ3) is 4.03. The van der Waals surface area contributed by atoms with Crippen molar-refractivity contribution in [3.8, 4) is 5.75 Å². The van der Waals surface area contributed by atoms with Crippen LogP contribution < -0.4 is 9.46 Å². The average molecular weight is 374 g/mol. The number of methoxy groups -OCH3 is 1. The standard InChI is InChI=1S/C14H13BrFNO3S/c1-20-13-7-6-12(16)8-14(13)21(18,19)17-9-10-2-4-11(15)5-3-10/h2-8,17H,9H2,1H3. The Balaban J connectivity index is 2.22. The number of rotatable bonds is 5. The highest BCUT2D eigenvalue weighted by Gasteiger charge is 2.20. The predicted molar refractivity (Wildman–Crippen MR) is 81.1 cm³/mol. The summed E-state index contributed by atoms with van der Waals surface area (Å²) in [6, 6.07) is 10.6. The minimum absolute atomic E-state index is 0.0970. The molecule has 0 aliphatic carbocycles. The lowest BCUT2D eigenvalue weighted by atomic mass is 10.2. The summed E-state index contributed by atoms with van der Waals surface area (Å²) in [5, 5.41) is 0. The van der Waals surface area contributed by atoms with E-state index in [1.54, 1.807) is 12.1 Å². The second kappa shape index (κ2) is 6.55. The van der Waals surface area contributed by atoms with Crippen molar-refractivity contribution in [2.45, 2.75) is 11.4 Å². The van der Waals surface area contributed by atoms with Crippen LogP contribution in [0.25, 0.3) is 0 Å². The second-order valence-corrected chi connectivity index (χ2v) is 6.90. The number of hydrogen-bond acceptors (Lipinski definition) is 3. The first-order valence-corrected chi connectivity index (χ1v) is 8.27. The third-order valence-electron chi connectivity index (χ3n) is 2.79. The fourth-order valence-corrected chi connectivity index (χ4v) is 3.18. The SMILES string of the molecule is COc1ccc(F)cc1S(=O)(=O)NCc1ccc(Br)cc1. The monoisotopic (exact) mass is 373 g/mol. The number of benzene rings is 2. The van der Waals surface area contributed by atoms with Crippen LogP contribution in [0.1, 0.15) is 5.56 Å². The molecule has 2 aromatic carbocycles. The van der Waals surface area contributed by atoms with Gasteiger partial charge in [-0.05, 0) is 35.9 Å². The predicted octanol–water partition coefficient (Wildman–Crippen LogP) is 3.08. The Morgan fingerprint density at radius 1 is 1.19 bits per heavy atom. The van der Waals surface area contributed by atoms with Gasteiger partial charge in [-0.1, -0.05) is 28.1 Å². The zero-order valence-corrected chi connectivity index (χ0v) is 13.5. The summed E-state index contributed by atoms with van der Waals surface area (Å²) in [6.45, 7) is 0.106. The van der Waals surface area contributed by atoms with Crippen LogP contribution in [0, 0.1) is 5.82 Å². The first-order valence-electron chi connectivity index (χ1n) is 6.00. The fraction of sp³-hybridized carbons (Fsp3) is 0.143. The highest BCUT2D eigenvalue weighted by Crippen LogP contribution is 2.24. The van der Waals surface area contributed by atoms with Gasteiger partial charge in [0.15, 0.2) is 0 Å². The summed E-state index contributed by atoms with van der Waals surface area (Å²) in [5.41, 5.74) is 0.789. The molecule has 0 bridgehead atoms. The van der Waals surface area contributed by atoms with E-state index in [0.29, 0.717) is 0 Å². The van der Waals surface area contributed by atoms with Gasteiger partial charge in [0.05, 0.1) is 7.11 Å². The molecule has 0 atom stereocenters. The van der Waals surface area contributed by atoms with Crippen LogP contribution in [0.3, 0.4) is 0 Å². The summed E-state index contributed by atoms with van der Waals surface area (Å²) in [7, 11) is -2.53. The molecule has 0 radical (unpaired) electrons. The highest BCUT2D eigenvalue weighted by molar-refractivity contribution is 9.10. The van der Waals surface area contributed by atoms with Gasteiger partial charge in [0.1, 0.15) is 16.5 Å². The van der Waals surface area contributed by atoms with Crippen LogP contribution >= 0.6 is 15.9 Å². The van der Waals surface area contributed by atoms with Crippen LogP contribution in [0.15, 0.2) is 51.8 Å². The Kier molecular flexibility index (Phi) is 4.97. The summed E-state index contributed by atoms with van der Waals surface area (Å²) in [5.74, 6) is -0.542. The molecule has 2 aromatic rings. The smallest absolute Gasteiger partial charge is 0.244 e. The summed E-state index contributed by atoms with van der Waals surface area (Å²) >= 11 is 3.30. The van der Waals surface area contributed by atoms with Gasteiger partial charge in [0.25, 0.3) is 0 Å². The largest absolute Gasteiger partial charge is 0.495 e. The number of hydrogen-bond donors (Lipinski definition) is 1. The van der Waals surface area contributed by atoms with E-state index in [-0.39, 0.29) is 17.2 Å². The fourth-order valence-electron chi connectivity index (χ4n) is 1.72. The first kappa shape index (κ1) is 15.9. The molecule has 0 aliphatic rings. The lowest BCUT2D eigenvalue weighted by Gasteiger charge is -2.11. The van der Waals surface area contributed by atoms with E-state index in [9.17, 15) is 12.8 Å². The number of nitrogens with one attached hydrogen (secondary N) is 1. The molecular formula is C14H13BrFNO3S. The molecule has 0 fully saturated rings. The lowest BCUT2D eigenvalue weighted by Crippen LogP contribution is -2.23. The van der Waals surface area contributed by atoms with E-state index in [1.165, 1.54) is 13.2 Å². The molecule has 0 heterocycles. The number of sulfonamides is 1. The Morgan fingerprint density at radius 2 is 1.86 bits per heavy atom. The summed E-state index contributed by atoms with van der Waals surface area (Å²) in [6.07, 6.45) is 0. The molecule has 1 N–H and O–H groups in total. The number of halogens is 2. The van der Waals surface area contributed by atoms with Crippen LogP contribution in [0.2, 0.25) is 0 Å². The molecule has 0 aromatic heterocycles. The van der Waals surface area contributed by atoms with Crippen molar-refractivity contribution < 1.29 is 17.5 Å². The average Bonchev–Trinajstić information content (AvgIpc) is 2.47. The van der Waals surface area contributed by atoms with E-state index >= 15 is 0 Å². The van der Waals surface area contributed by atoms with Gasteiger partial charge in [-0.2, -0.15) is 0 Å². The van der Waals surface area contributed by atoms with Gasteiger partial charge in [-0.3, -0.25) is 0 Å². The van der Waals surface area contributed by atoms with Crippen LogP contribution in [-0.2, 0) is 16.6 Å². The van der Waals surface area contributed by atoms with Crippen molar-refractivity contribution in [3.63, 3.8) is 0 Å². The van der Waals surface area contributed by atoms with E-state index in [0.717, 1.165) is 22.2 Å². The van der Waals surface area contributed by atoms with Crippen LogP contribution in [0.4, 0.5) is 4.39 Å². The lowest BCUT2D eigenvalue weighted by molar-refractivity contribution is 0.400. The Morgan fingerprint density at radius 3 is 2.48 bits per heavy atom. The van der Waals surface area contributed by atoms with Crippen molar-refractivity contribution in [2.24, 2.45) is 0 Å². The Bertz CT molecular complexity index is 732. The molecule has 0 amide bonds. The maximum Gasteiger partial charge on any atom is 0.244 e. The third-order valence-corrected chi connectivity index (χ3v) is 4.75. The van der Waals surface area contributed by atoms with Gasteiger partial charge in [0, 0.05) is 11.0 Å². The minimum Gasteiger partial charge on any atom is -0.495 e. The van der Waals surface area contributed by atoms with Gasteiger partial charge in [-0.25, -0.2) is 17.5 Å². The molecule has 21 heavy (non-hydrogen) atoms. The molecule has 0 saturated carbocycles. The van der Waals surface area contributed by atoms with Gasteiger partial charge < -0.3 is 4.74 Å². The zero-order valence-electron chi connectivity index (χ0n) is 11.1. The Labute approximate surface area is 131 Å². The topological polar surface area (TPSA) is 55.4 Å². The highest BCUT2D eigenvalue weighted by atomic mass is 79.9. The molecule has 4 nitrogen and oxygen atoms in total. The maximum absolute atomic E-state index is 13.3. The van der Waals surface area contributed by atoms with Gasteiger partial charge in [-0.15, -0.1) is 0 Å². The number of ether oxygens (including phenoxy) is 1. The van der Waals surface area contributed by atoms with Crippen molar-refractivity contribution >= 4 is 26.0 Å². The van der Waals surface area contributed by atoms with Crippen molar-refractivity contribution in [2.75, 3.05) is 7.11 Å². The second-order valence-electron chi connectivity index (χ2n) is 4.25. The van der Waals surface area contributed by atoms with E-state index in [1.807, 2.05) is 12.1 Å². The summed E-state index contributed by atoms with van der Waals surface area (Å²) in [4.78, 5) is -0.220. The van der Waals surface area contributed by atoms with Crippen LogP contribution in [-0.4, -0.2) is 15.5 Å². The zero-order chi connectivity index (χ0) is 15.5. The summed E-state index contributed by atoms with van der Waals surface area (Å²) < 4.78 is 46.0. The normalized spacial score (nSPS) is 11.4. The maximum atomic E-state index is 13.3. The molecular weight excluding hydrogens is 361 g/mol. The molecule has 0 unspecified atom stereocenters.